The van der Waals surface area contributed by atoms with Crippen LogP contribution in [-0.2, 0) is 9.53 Å². The minimum Gasteiger partial charge on any atom is -0.462 e. The van der Waals surface area contributed by atoms with E-state index in [1.54, 1.807) is 11.3 Å². The van der Waals surface area contributed by atoms with Gasteiger partial charge in [0.15, 0.2) is 5.11 Å². The smallest absolute Gasteiger partial charge is 0.338 e. The number of hydrogen-bond acceptors (Lipinski definition) is 4. The molecule has 19 heavy (non-hydrogen) atoms. The molecule has 0 saturated heterocycles. The van der Waals surface area contributed by atoms with Crippen LogP contribution < -0.4 is 10.6 Å². The van der Waals surface area contributed by atoms with Crippen molar-refractivity contribution < 1.29 is 9.53 Å². The van der Waals surface area contributed by atoms with Gasteiger partial charge in [0, 0.05) is 5.70 Å². The third kappa shape index (κ3) is 3.13. The van der Waals surface area contributed by atoms with Crippen molar-refractivity contribution in [3.63, 3.8) is 0 Å². The Kier molecular flexibility index (Phi) is 4.55. The Morgan fingerprint density at radius 1 is 1.58 bits per heavy atom. The molecule has 0 bridgehead atoms. The fraction of sp³-hybridized carbons (Fsp3) is 0.385. The summed E-state index contributed by atoms with van der Waals surface area (Å²) in [6, 6.07) is 1.75. The van der Waals surface area contributed by atoms with Gasteiger partial charge in [-0.3, -0.25) is 0 Å². The minimum atomic E-state index is -0.293. The molecule has 4 nitrogen and oxygen atoms in total. The molecule has 6 heteroatoms. The number of esters is 1. The van der Waals surface area contributed by atoms with Gasteiger partial charge in [0.25, 0.3) is 0 Å². The number of rotatable bonds is 4. The predicted molar refractivity (Wildman–Crippen MR) is 79.9 cm³/mol. The summed E-state index contributed by atoms with van der Waals surface area (Å²) in [7, 11) is 0. The number of hydrogen-bond donors (Lipinski definition) is 2. The second-order valence-corrected chi connectivity index (χ2v) is 5.45. The zero-order valence-electron chi connectivity index (χ0n) is 10.9. The van der Waals surface area contributed by atoms with Crippen molar-refractivity contribution in [3.8, 4) is 0 Å². The van der Waals surface area contributed by atoms with Gasteiger partial charge in [0.05, 0.1) is 18.2 Å². The van der Waals surface area contributed by atoms with E-state index in [1.165, 1.54) is 0 Å². The van der Waals surface area contributed by atoms with Crippen LogP contribution in [0.5, 0.6) is 0 Å². The molecule has 0 fully saturated rings. The maximum atomic E-state index is 12.2. The molecular weight excluding hydrogens is 280 g/mol. The first-order valence-corrected chi connectivity index (χ1v) is 7.46. The Hall–Kier alpha value is -1.40. The van der Waals surface area contributed by atoms with E-state index in [2.05, 4.69) is 10.6 Å². The molecule has 1 aliphatic heterocycles. The highest BCUT2D eigenvalue weighted by Crippen LogP contribution is 2.28. The first-order chi connectivity index (χ1) is 9.13. The number of thiophene rings is 1. The number of carbonyl (C=O) groups excluding carboxylic acids is 1. The van der Waals surface area contributed by atoms with E-state index in [-0.39, 0.29) is 12.0 Å². The van der Waals surface area contributed by atoms with E-state index in [9.17, 15) is 4.79 Å². The second-order valence-electron chi connectivity index (χ2n) is 4.26. The number of carbonyl (C=O) groups is 1. The van der Waals surface area contributed by atoms with Crippen LogP contribution in [0, 0.1) is 0 Å². The highest BCUT2D eigenvalue weighted by molar-refractivity contribution is 7.80. The molecule has 2 N–H and O–H groups in total. The summed E-state index contributed by atoms with van der Waals surface area (Å²) in [6.07, 6.45) is 0.806. The lowest BCUT2D eigenvalue weighted by Gasteiger charge is -2.29. The van der Waals surface area contributed by atoms with Crippen molar-refractivity contribution in [2.45, 2.75) is 26.3 Å². The molecule has 0 amide bonds. The quantitative estimate of drug-likeness (QED) is 0.660. The number of allylic oxidation sites excluding steroid dienone is 1. The summed E-state index contributed by atoms with van der Waals surface area (Å²) in [5.74, 6) is -0.293. The van der Waals surface area contributed by atoms with E-state index in [4.69, 9.17) is 17.0 Å². The summed E-state index contributed by atoms with van der Waals surface area (Å²) in [5, 5.41) is 10.6. The van der Waals surface area contributed by atoms with Crippen LogP contribution in [0.3, 0.4) is 0 Å². The third-order valence-electron chi connectivity index (χ3n) is 2.80. The average Bonchev–Trinajstić information content (AvgIpc) is 2.88. The SMILES string of the molecule is CCCOC(=O)C1=C(C)NC(=S)NC1c1ccsc1. The molecule has 0 aromatic carbocycles. The van der Waals surface area contributed by atoms with Crippen molar-refractivity contribution in [1.82, 2.24) is 10.6 Å². The minimum absolute atomic E-state index is 0.232. The lowest BCUT2D eigenvalue weighted by molar-refractivity contribution is -0.139. The summed E-state index contributed by atoms with van der Waals surface area (Å²) >= 11 is 6.74. The molecule has 1 aromatic heterocycles. The Balaban J connectivity index is 2.31. The van der Waals surface area contributed by atoms with Crippen molar-refractivity contribution in [2.75, 3.05) is 6.61 Å². The van der Waals surface area contributed by atoms with Crippen LogP contribution in [0.4, 0.5) is 0 Å². The zero-order chi connectivity index (χ0) is 13.8. The van der Waals surface area contributed by atoms with Crippen LogP contribution in [0.15, 0.2) is 28.1 Å². The normalized spacial score (nSPS) is 18.8. The van der Waals surface area contributed by atoms with Gasteiger partial charge in [-0.05, 0) is 48.0 Å². The standard InChI is InChI=1S/C13H16N2O2S2/c1-3-5-17-12(16)10-8(2)14-13(18)15-11(10)9-4-6-19-7-9/h4,6-7,11H,3,5H2,1-2H3,(H2,14,15,18). The third-order valence-corrected chi connectivity index (χ3v) is 3.72. The second kappa shape index (κ2) is 6.16. The summed E-state index contributed by atoms with van der Waals surface area (Å²) < 4.78 is 5.25. The van der Waals surface area contributed by atoms with Gasteiger partial charge in [0.1, 0.15) is 0 Å². The molecule has 2 heterocycles. The van der Waals surface area contributed by atoms with E-state index < -0.39 is 0 Å². The molecule has 1 atom stereocenters. The Morgan fingerprint density at radius 2 is 2.37 bits per heavy atom. The summed E-state index contributed by atoms with van der Waals surface area (Å²) in [4.78, 5) is 12.2. The fourth-order valence-electron chi connectivity index (χ4n) is 1.93. The van der Waals surface area contributed by atoms with Crippen LogP contribution >= 0.6 is 23.6 Å². The molecule has 0 saturated carbocycles. The molecule has 0 aliphatic carbocycles. The molecule has 0 spiro atoms. The lowest BCUT2D eigenvalue weighted by atomic mass is 9.98. The average molecular weight is 296 g/mol. The zero-order valence-corrected chi connectivity index (χ0v) is 12.5. The van der Waals surface area contributed by atoms with Gasteiger partial charge >= 0.3 is 5.97 Å². The van der Waals surface area contributed by atoms with E-state index in [0.29, 0.717) is 17.3 Å². The van der Waals surface area contributed by atoms with Crippen molar-refractivity contribution in [1.29, 1.82) is 0 Å². The lowest BCUT2D eigenvalue weighted by Crippen LogP contribution is -2.45. The molecular formula is C13H16N2O2S2. The number of thiocarbonyl (C=S) groups is 1. The van der Waals surface area contributed by atoms with Crippen LogP contribution in [0.1, 0.15) is 31.9 Å². The maximum Gasteiger partial charge on any atom is 0.338 e. The highest BCUT2D eigenvalue weighted by atomic mass is 32.1. The predicted octanol–water partition coefficient (Wildman–Crippen LogP) is 2.49. The fourth-order valence-corrected chi connectivity index (χ4v) is 2.88. The van der Waals surface area contributed by atoms with Gasteiger partial charge in [-0.15, -0.1) is 0 Å². The first-order valence-electron chi connectivity index (χ1n) is 6.11. The number of ether oxygens (including phenoxy) is 1. The van der Waals surface area contributed by atoms with E-state index in [1.807, 2.05) is 30.7 Å². The molecule has 1 aromatic rings. The molecule has 0 radical (unpaired) electrons. The summed E-state index contributed by atoms with van der Waals surface area (Å²) in [6.45, 7) is 4.24. The summed E-state index contributed by atoms with van der Waals surface area (Å²) in [5.41, 5.74) is 2.37. The number of nitrogens with one attached hydrogen (secondary N) is 2. The van der Waals surface area contributed by atoms with Crippen LogP contribution in [0.2, 0.25) is 0 Å². The monoisotopic (exact) mass is 296 g/mol. The van der Waals surface area contributed by atoms with Crippen LogP contribution in [-0.4, -0.2) is 17.7 Å². The van der Waals surface area contributed by atoms with E-state index >= 15 is 0 Å². The molecule has 1 aliphatic rings. The van der Waals surface area contributed by atoms with Gasteiger partial charge in [0.2, 0.25) is 0 Å². The molecule has 2 rings (SSSR count). The van der Waals surface area contributed by atoms with Gasteiger partial charge in [-0.2, -0.15) is 11.3 Å². The highest BCUT2D eigenvalue weighted by Gasteiger charge is 2.30. The van der Waals surface area contributed by atoms with Crippen molar-refractivity contribution in [3.05, 3.63) is 33.7 Å². The molecule has 102 valence electrons. The largest absolute Gasteiger partial charge is 0.462 e. The van der Waals surface area contributed by atoms with Crippen molar-refractivity contribution >= 4 is 34.6 Å². The maximum absolute atomic E-state index is 12.2. The van der Waals surface area contributed by atoms with Gasteiger partial charge < -0.3 is 15.4 Å². The van der Waals surface area contributed by atoms with Gasteiger partial charge in [-0.1, -0.05) is 6.92 Å². The first kappa shape index (κ1) is 14.0. The van der Waals surface area contributed by atoms with E-state index in [0.717, 1.165) is 17.7 Å². The van der Waals surface area contributed by atoms with Gasteiger partial charge in [-0.25, -0.2) is 4.79 Å². The Morgan fingerprint density at radius 3 is 3.00 bits per heavy atom. The van der Waals surface area contributed by atoms with Crippen LogP contribution in [0.25, 0.3) is 0 Å². The van der Waals surface area contributed by atoms with Crippen molar-refractivity contribution in [2.24, 2.45) is 0 Å². The Bertz CT molecular complexity index is 509. The topological polar surface area (TPSA) is 50.4 Å². The molecule has 1 unspecified atom stereocenters. The Labute approximate surface area is 121 Å².